The highest BCUT2D eigenvalue weighted by atomic mass is 16.5. The van der Waals surface area contributed by atoms with E-state index < -0.39 is 0 Å². The molecule has 13 heavy (non-hydrogen) atoms. The van der Waals surface area contributed by atoms with Gasteiger partial charge in [0.05, 0.1) is 19.5 Å². The third-order valence-electron chi connectivity index (χ3n) is 2.25. The van der Waals surface area contributed by atoms with Gasteiger partial charge in [0.25, 0.3) is 0 Å². The molecular weight excluding hydrogens is 166 g/mol. The Morgan fingerprint density at radius 3 is 2.85 bits per heavy atom. The molecule has 2 rings (SSSR count). The van der Waals surface area contributed by atoms with Crippen LogP contribution in [0, 0.1) is 0 Å². The van der Waals surface area contributed by atoms with Gasteiger partial charge in [0, 0.05) is 25.7 Å². The van der Waals surface area contributed by atoms with Crippen molar-refractivity contribution in [3.05, 3.63) is 24.3 Å². The molecule has 1 saturated heterocycles. The molecule has 0 saturated carbocycles. The highest BCUT2D eigenvalue weighted by molar-refractivity contribution is 5.01. The summed E-state index contributed by atoms with van der Waals surface area (Å²) < 4.78 is 10.6. The molecule has 0 bridgehead atoms. The van der Waals surface area contributed by atoms with Crippen molar-refractivity contribution in [3.63, 3.8) is 0 Å². The van der Waals surface area contributed by atoms with Crippen LogP contribution in [0.15, 0.2) is 24.3 Å². The van der Waals surface area contributed by atoms with Gasteiger partial charge in [-0.05, 0) is 12.5 Å². The van der Waals surface area contributed by atoms with Gasteiger partial charge in [-0.2, -0.15) is 0 Å². The summed E-state index contributed by atoms with van der Waals surface area (Å²) in [7, 11) is 0. The van der Waals surface area contributed by atoms with E-state index in [2.05, 4.69) is 17.2 Å². The molecule has 0 amide bonds. The number of rotatable bonds is 1. The lowest BCUT2D eigenvalue weighted by Crippen LogP contribution is -2.32. The molecule has 0 aromatic carbocycles. The first-order valence-corrected chi connectivity index (χ1v) is 4.79. The zero-order valence-corrected chi connectivity index (χ0v) is 7.74. The molecule has 2 heterocycles. The predicted octanol–water partition coefficient (Wildman–Crippen LogP) is 1.48. The number of morpholine rings is 1. The number of allylic oxidation sites excluding steroid dienone is 2. The third kappa shape index (κ3) is 2.49. The number of hydrogen-bond acceptors (Lipinski definition) is 3. The van der Waals surface area contributed by atoms with Crippen molar-refractivity contribution >= 4 is 0 Å². The first kappa shape index (κ1) is 8.63. The zero-order valence-electron chi connectivity index (χ0n) is 7.74. The van der Waals surface area contributed by atoms with Crippen LogP contribution in [0.2, 0.25) is 0 Å². The quantitative estimate of drug-likeness (QED) is 0.611. The summed E-state index contributed by atoms with van der Waals surface area (Å²) in [6, 6.07) is 0. The fraction of sp³-hybridized carbons (Fsp3) is 0.600. The molecule has 72 valence electrons. The standard InChI is InChI=1S/C10H15NO2/c1-2-6-13-10(3-1)9-11-4-7-12-8-5-11/h2,6,9H,1,3-5,7-8H2. The van der Waals surface area contributed by atoms with E-state index in [-0.39, 0.29) is 0 Å². The molecular formula is C10H15NO2. The van der Waals surface area contributed by atoms with E-state index in [1.54, 1.807) is 6.26 Å². The van der Waals surface area contributed by atoms with Crippen molar-refractivity contribution in [2.24, 2.45) is 0 Å². The number of nitrogens with zero attached hydrogens (tertiary/aromatic N) is 1. The van der Waals surface area contributed by atoms with Gasteiger partial charge < -0.3 is 14.4 Å². The van der Waals surface area contributed by atoms with Gasteiger partial charge >= 0.3 is 0 Å². The lowest BCUT2D eigenvalue weighted by Gasteiger charge is -2.26. The van der Waals surface area contributed by atoms with Crippen LogP contribution in [0.4, 0.5) is 0 Å². The van der Waals surface area contributed by atoms with E-state index in [0.717, 1.165) is 44.9 Å². The van der Waals surface area contributed by atoms with E-state index in [4.69, 9.17) is 9.47 Å². The Bertz CT molecular complexity index is 217. The summed E-state index contributed by atoms with van der Waals surface area (Å²) in [5, 5.41) is 0. The van der Waals surface area contributed by atoms with E-state index in [1.165, 1.54) is 0 Å². The third-order valence-corrected chi connectivity index (χ3v) is 2.25. The van der Waals surface area contributed by atoms with E-state index in [0.29, 0.717) is 0 Å². The molecule has 0 radical (unpaired) electrons. The Labute approximate surface area is 78.6 Å². The number of ether oxygens (including phenoxy) is 2. The average molecular weight is 181 g/mol. The monoisotopic (exact) mass is 181 g/mol. The lowest BCUT2D eigenvalue weighted by molar-refractivity contribution is 0.0573. The van der Waals surface area contributed by atoms with Gasteiger partial charge in [0.2, 0.25) is 0 Å². The zero-order chi connectivity index (χ0) is 8.93. The topological polar surface area (TPSA) is 21.7 Å². The first-order valence-electron chi connectivity index (χ1n) is 4.79. The normalized spacial score (nSPS) is 26.2. The highest BCUT2D eigenvalue weighted by Gasteiger charge is 2.09. The second-order valence-electron chi connectivity index (χ2n) is 3.27. The van der Waals surface area contributed by atoms with E-state index >= 15 is 0 Å². The minimum absolute atomic E-state index is 0.833. The Morgan fingerprint density at radius 1 is 1.31 bits per heavy atom. The molecule has 0 spiro atoms. The minimum atomic E-state index is 0.833. The van der Waals surface area contributed by atoms with Crippen LogP contribution in [-0.4, -0.2) is 31.2 Å². The fourth-order valence-corrected chi connectivity index (χ4v) is 1.49. The maximum absolute atomic E-state index is 5.38. The van der Waals surface area contributed by atoms with Crippen LogP contribution in [0.25, 0.3) is 0 Å². The van der Waals surface area contributed by atoms with Gasteiger partial charge in [0.1, 0.15) is 5.76 Å². The lowest BCUT2D eigenvalue weighted by atomic mass is 10.2. The number of hydrogen-bond donors (Lipinski definition) is 0. The summed E-state index contributed by atoms with van der Waals surface area (Å²) in [6.45, 7) is 3.63. The Morgan fingerprint density at radius 2 is 2.15 bits per heavy atom. The molecule has 0 aromatic rings. The first-order chi connectivity index (χ1) is 6.45. The second kappa shape index (κ2) is 4.33. The molecule has 2 aliphatic heterocycles. The van der Waals surface area contributed by atoms with Crippen molar-refractivity contribution in [2.45, 2.75) is 12.8 Å². The summed E-state index contributed by atoms with van der Waals surface area (Å²) in [4.78, 5) is 2.26. The molecule has 0 atom stereocenters. The maximum Gasteiger partial charge on any atom is 0.119 e. The summed E-state index contributed by atoms with van der Waals surface area (Å²) >= 11 is 0. The predicted molar refractivity (Wildman–Crippen MR) is 49.9 cm³/mol. The SMILES string of the molecule is C1=COC(=CN2CCOCC2)CC1. The summed E-state index contributed by atoms with van der Waals surface area (Å²) in [5.41, 5.74) is 0. The van der Waals surface area contributed by atoms with Gasteiger partial charge in [-0.1, -0.05) is 0 Å². The van der Waals surface area contributed by atoms with Crippen LogP contribution in [0.5, 0.6) is 0 Å². The van der Waals surface area contributed by atoms with Crippen LogP contribution in [0.3, 0.4) is 0 Å². The smallest absolute Gasteiger partial charge is 0.119 e. The van der Waals surface area contributed by atoms with Crippen LogP contribution in [0.1, 0.15) is 12.8 Å². The van der Waals surface area contributed by atoms with Crippen LogP contribution in [-0.2, 0) is 9.47 Å². The van der Waals surface area contributed by atoms with Crippen LogP contribution >= 0.6 is 0 Å². The molecule has 2 aliphatic rings. The van der Waals surface area contributed by atoms with Crippen molar-refractivity contribution < 1.29 is 9.47 Å². The van der Waals surface area contributed by atoms with Crippen molar-refractivity contribution in [1.29, 1.82) is 0 Å². The Balaban J connectivity index is 1.89. The van der Waals surface area contributed by atoms with Crippen molar-refractivity contribution in [3.8, 4) is 0 Å². The molecule has 0 N–H and O–H groups in total. The Hall–Kier alpha value is -0.960. The van der Waals surface area contributed by atoms with Gasteiger partial charge in [0.15, 0.2) is 0 Å². The molecule has 0 unspecified atom stereocenters. The molecule has 3 heteroatoms. The molecule has 0 aromatic heterocycles. The molecule has 0 aliphatic carbocycles. The van der Waals surface area contributed by atoms with Gasteiger partial charge in [-0.3, -0.25) is 0 Å². The summed E-state index contributed by atoms with van der Waals surface area (Å²) in [5.74, 6) is 1.07. The Kier molecular flexibility index (Phi) is 2.87. The van der Waals surface area contributed by atoms with Crippen molar-refractivity contribution in [2.75, 3.05) is 26.3 Å². The van der Waals surface area contributed by atoms with Gasteiger partial charge in [-0.15, -0.1) is 0 Å². The second-order valence-corrected chi connectivity index (χ2v) is 3.27. The average Bonchev–Trinajstić information content (AvgIpc) is 2.21. The largest absolute Gasteiger partial charge is 0.468 e. The maximum atomic E-state index is 5.38. The van der Waals surface area contributed by atoms with E-state index in [1.807, 2.05) is 0 Å². The van der Waals surface area contributed by atoms with Crippen LogP contribution < -0.4 is 0 Å². The highest BCUT2D eigenvalue weighted by Crippen LogP contribution is 2.15. The minimum Gasteiger partial charge on any atom is -0.468 e. The van der Waals surface area contributed by atoms with Crippen molar-refractivity contribution in [1.82, 2.24) is 4.90 Å². The van der Waals surface area contributed by atoms with E-state index in [9.17, 15) is 0 Å². The van der Waals surface area contributed by atoms with Gasteiger partial charge in [-0.25, -0.2) is 0 Å². The fourth-order valence-electron chi connectivity index (χ4n) is 1.49. The molecule has 3 nitrogen and oxygen atoms in total. The molecule has 1 fully saturated rings. The summed E-state index contributed by atoms with van der Waals surface area (Å²) in [6.07, 6.45) is 8.06.